The van der Waals surface area contributed by atoms with Crippen LogP contribution in [0, 0.1) is 13.8 Å². The third-order valence-electron chi connectivity index (χ3n) is 4.64. The number of aryl methyl sites for hydroxylation is 2. The number of piperidine rings is 1. The Hall–Kier alpha value is -2.01. The molecule has 138 valence electrons. The van der Waals surface area contributed by atoms with Crippen molar-refractivity contribution in [1.82, 2.24) is 0 Å². The lowest BCUT2D eigenvalue weighted by molar-refractivity contribution is -0.118. The van der Waals surface area contributed by atoms with Crippen LogP contribution in [0.3, 0.4) is 0 Å². The van der Waals surface area contributed by atoms with Gasteiger partial charge in [-0.3, -0.25) is 4.79 Å². The third-order valence-corrected chi connectivity index (χ3v) is 5.10. The van der Waals surface area contributed by atoms with Crippen molar-refractivity contribution in [3.8, 4) is 5.75 Å². The molecule has 2 aromatic rings. The second kappa shape index (κ2) is 8.58. The quantitative estimate of drug-likeness (QED) is 0.738. The van der Waals surface area contributed by atoms with Gasteiger partial charge in [-0.25, -0.2) is 0 Å². The van der Waals surface area contributed by atoms with E-state index in [1.807, 2.05) is 38.1 Å². The van der Waals surface area contributed by atoms with Crippen LogP contribution in [-0.2, 0) is 4.79 Å². The molecule has 1 aliphatic rings. The number of hydrogen-bond donors (Lipinski definition) is 1. The van der Waals surface area contributed by atoms with Crippen molar-refractivity contribution in [1.29, 1.82) is 0 Å². The van der Waals surface area contributed by atoms with Crippen molar-refractivity contribution in [2.45, 2.75) is 33.1 Å². The maximum absolute atomic E-state index is 12.2. The van der Waals surface area contributed by atoms with Crippen LogP contribution in [-0.4, -0.2) is 25.6 Å². The van der Waals surface area contributed by atoms with Gasteiger partial charge < -0.3 is 15.0 Å². The number of benzene rings is 2. The van der Waals surface area contributed by atoms with Crippen molar-refractivity contribution in [2.24, 2.45) is 0 Å². The molecule has 1 heterocycles. The Labute approximate surface area is 163 Å². The number of halogens is 1. The first-order valence-corrected chi connectivity index (χ1v) is 9.86. The smallest absolute Gasteiger partial charge is 0.262 e. The maximum atomic E-state index is 12.2. The van der Waals surface area contributed by atoms with Crippen LogP contribution >= 0.6 is 15.9 Å². The first-order chi connectivity index (χ1) is 12.5. The second-order valence-corrected chi connectivity index (χ2v) is 7.72. The zero-order valence-corrected chi connectivity index (χ0v) is 16.9. The number of nitrogens with zero attached hydrogens (tertiary/aromatic N) is 1. The van der Waals surface area contributed by atoms with Gasteiger partial charge in [0.05, 0.1) is 0 Å². The van der Waals surface area contributed by atoms with Gasteiger partial charge in [0, 0.05) is 28.9 Å². The number of carbonyl (C=O) groups excluding carboxylic acids is 1. The number of rotatable bonds is 5. The Kier molecular flexibility index (Phi) is 6.20. The van der Waals surface area contributed by atoms with E-state index in [2.05, 4.69) is 38.3 Å². The molecule has 1 amide bonds. The van der Waals surface area contributed by atoms with Gasteiger partial charge in [-0.1, -0.05) is 15.9 Å². The highest BCUT2D eigenvalue weighted by molar-refractivity contribution is 9.10. The van der Waals surface area contributed by atoms with E-state index >= 15 is 0 Å². The molecule has 1 N–H and O–H groups in total. The largest absolute Gasteiger partial charge is 0.483 e. The normalized spacial score (nSPS) is 14.2. The number of amides is 1. The molecule has 0 radical (unpaired) electrons. The highest BCUT2D eigenvalue weighted by Gasteiger charge is 2.12. The summed E-state index contributed by atoms with van der Waals surface area (Å²) in [6, 6.07) is 12.0. The lowest BCUT2D eigenvalue weighted by Crippen LogP contribution is -2.29. The molecular formula is C21H25BrN2O2. The predicted molar refractivity (Wildman–Crippen MR) is 110 cm³/mol. The van der Waals surface area contributed by atoms with Crippen LogP contribution in [0.1, 0.15) is 30.4 Å². The minimum atomic E-state index is -0.155. The highest BCUT2D eigenvalue weighted by Crippen LogP contribution is 2.27. The van der Waals surface area contributed by atoms with E-state index in [-0.39, 0.29) is 12.5 Å². The van der Waals surface area contributed by atoms with Crippen LogP contribution < -0.4 is 15.0 Å². The molecular weight excluding hydrogens is 392 g/mol. The SMILES string of the molecule is Cc1cc(Br)cc(C)c1OCC(=O)Nc1ccc(N2CCCCC2)cc1. The number of hydrogen-bond acceptors (Lipinski definition) is 3. The molecule has 26 heavy (non-hydrogen) atoms. The Bertz CT molecular complexity index is 745. The lowest BCUT2D eigenvalue weighted by atomic mass is 10.1. The zero-order chi connectivity index (χ0) is 18.5. The van der Waals surface area contributed by atoms with Crippen LogP contribution in [0.2, 0.25) is 0 Å². The van der Waals surface area contributed by atoms with E-state index in [4.69, 9.17) is 4.74 Å². The average molecular weight is 417 g/mol. The molecule has 0 atom stereocenters. The molecule has 0 saturated carbocycles. The van der Waals surface area contributed by atoms with E-state index in [9.17, 15) is 4.79 Å². The fourth-order valence-electron chi connectivity index (χ4n) is 3.37. The molecule has 2 aromatic carbocycles. The molecule has 1 saturated heterocycles. The molecule has 5 heteroatoms. The minimum Gasteiger partial charge on any atom is -0.483 e. The molecule has 1 fully saturated rings. The molecule has 4 nitrogen and oxygen atoms in total. The molecule has 0 spiro atoms. The van der Waals surface area contributed by atoms with E-state index < -0.39 is 0 Å². The van der Waals surface area contributed by atoms with Crippen LogP contribution in [0.15, 0.2) is 40.9 Å². The fourth-order valence-corrected chi connectivity index (χ4v) is 4.05. The van der Waals surface area contributed by atoms with Gasteiger partial charge >= 0.3 is 0 Å². The number of carbonyl (C=O) groups is 1. The summed E-state index contributed by atoms with van der Waals surface area (Å²) < 4.78 is 6.75. The van der Waals surface area contributed by atoms with Gasteiger partial charge in [-0.05, 0) is 80.6 Å². The average Bonchev–Trinajstić information content (AvgIpc) is 2.62. The third kappa shape index (κ3) is 4.79. The summed E-state index contributed by atoms with van der Waals surface area (Å²) in [6.07, 6.45) is 3.83. The van der Waals surface area contributed by atoms with Crippen LogP contribution in [0.5, 0.6) is 5.75 Å². The van der Waals surface area contributed by atoms with E-state index in [0.717, 1.165) is 40.1 Å². The first-order valence-electron chi connectivity index (χ1n) is 9.07. The Morgan fingerprint density at radius 1 is 1.08 bits per heavy atom. The van der Waals surface area contributed by atoms with Gasteiger partial charge in [0.25, 0.3) is 5.91 Å². The highest BCUT2D eigenvalue weighted by atomic mass is 79.9. The van der Waals surface area contributed by atoms with Gasteiger partial charge in [0.1, 0.15) is 5.75 Å². The minimum absolute atomic E-state index is 0.00279. The van der Waals surface area contributed by atoms with Gasteiger partial charge in [0.2, 0.25) is 0 Å². The molecule has 0 bridgehead atoms. The number of ether oxygens (including phenoxy) is 1. The fraction of sp³-hybridized carbons (Fsp3) is 0.381. The van der Waals surface area contributed by atoms with E-state index in [1.165, 1.54) is 24.9 Å². The maximum Gasteiger partial charge on any atom is 0.262 e. The standard InChI is InChI=1S/C21H25BrN2O2/c1-15-12-17(22)13-16(2)21(15)26-14-20(25)23-18-6-8-19(9-7-18)24-10-4-3-5-11-24/h6-9,12-13H,3-5,10-11,14H2,1-2H3,(H,23,25). The van der Waals surface area contributed by atoms with Crippen LogP contribution in [0.4, 0.5) is 11.4 Å². The van der Waals surface area contributed by atoms with Crippen molar-refractivity contribution < 1.29 is 9.53 Å². The Balaban J connectivity index is 1.55. The lowest BCUT2D eigenvalue weighted by Gasteiger charge is -2.28. The zero-order valence-electron chi connectivity index (χ0n) is 15.3. The van der Waals surface area contributed by atoms with Gasteiger partial charge in [0.15, 0.2) is 6.61 Å². The summed E-state index contributed by atoms with van der Waals surface area (Å²) in [7, 11) is 0. The summed E-state index contributed by atoms with van der Waals surface area (Å²) in [5.74, 6) is 0.612. The molecule has 0 unspecified atom stereocenters. The molecule has 0 aromatic heterocycles. The van der Waals surface area contributed by atoms with E-state index in [0.29, 0.717) is 0 Å². The summed E-state index contributed by atoms with van der Waals surface area (Å²) >= 11 is 3.47. The summed E-state index contributed by atoms with van der Waals surface area (Å²) in [4.78, 5) is 14.6. The molecule has 1 aliphatic heterocycles. The predicted octanol–water partition coefficient (Wildman–Crippen LogP) is 5.07. The summed E-state index contributed by atoms with van der Waals surface area (Å²) in [6.45, 7) is 6.18. The first kappa shape index (κ1) is 18.8. The number of anilines is 2. The summed E-state index contributed by atoms with van der Waals surface area (Å²) in [5.41, 5.74) is 4.04. The molecule has 3 rings (SSSR count). The molecule has 0 aliphatic carbocycles. The monoisotopic (exact) mass is 416 g/mol. The van der Waals surface area contributed by atoms with E-state index in [1.54, 1.807) is 0 Å². The summed E-state index contributed by atoms with van der Waals surface area (Å²) in [5, 5.41) is 2.90. The van der Waals surface area contributed by atoms with Gasteiger partial charge in [-0.2, -0.15) is 0 Å². The van der Waals surface area contributed by atoms with Crippen LogP contribution in [0.25, 0.3) is 0 Å². The second-order valence-electron chi connectivity index (χ2n) is 6.80. The topological polar surface area (TPSA) is 41.6 Å². The Morgan fingerprint density at radius 2 is 1.69 bits per heavy atom. The number of nitrogens with one attached hydrogen (secondary N) is 1. The van der Waals surface area contributed by atoms with Crippen molar-refractivity contribution in [3.63, 3.8) is 0 Å². The van der Waals surface area contributed by atoms with Crippen molar-refractivity contribution >= 4 is 33.2 Å². The van der Waals surface area contributed by atoms with Crippen molar-refractivity contribution in [2.75, 3.05) is 29.9 Å². The van der Waals surface area contributed by atoms with Gasteiger partial charge in [-0.15, -0.1) is 0 Å². The Morgan fingerprint density at radius 3 is 2.31 bits per heavy atom. The van der Waals surface area contributed by atoms with Crippen molar-refractivity contribution in [3.05, 3.63) is 52.0 Å².